The second kappa shape index (κ2) is 6.59. The summed E-state index contributed by atoms with van der Waals surface area (Å²) in [6.45, 7) is 3.89. The van der Waals surface area contributed by atoms with Crippen molar-refractivity contribution in [1.29, 1.82) is 0 Å². The maximum Gasteiger partial charge on any atom is 0.310 e. The monoisotopic (exact) mass is 279 g/mol. The first-order chi connectivity index (χ1) is 9.61. The van der Waals surface area contributed by atoms with Crippen LogP contribution in [0.4, 0.5) is 0 Å². The number of esters is 1. The molecule has 0 spiro atoms. The van der Waals surface area contributed by atoms with Crippen LogP contribution in [0, 0.1) is 11.8 Å². The third kappa shape index (κ3) is 3.40. The van der Waals surface area contributed by atoms with Gasteiger partial charge in [-0.05, 0) is 32.3 Å². The Morgan fingerprint density at radius 1 is 1.40 bits per heavy atom. The minimum atomic E-state index is -0.780. The van der Waals surface area contributed by atoms with E-state index in [-0.39, 0.29) is 11.9 Å². The smallest absolute Gasteiger partial charge is 0.310 e. The summed E-state index contributed by atoms with van der Waals surface area (Å²) in [7, 11) is 0. The van der Waals surface area contributed by atoms with Gasteiger partial charge in [0, 0.05) is 18.8 Å². The number of carboxylic acid groups (broad SMARTS) is 1. The summed E-state index contributed by atoms with van der Waals surface area (Å²) in [6, 6.07) is 0. The van der Waals surface area contributed by atoms with Crippen LogP contribution in [-0.4, -0.2) is 41.6 Å². The zero-order valence-corrected chi connectivity index (χ0v) is 11.7. The lowest BCUT2D eigenvalue weighted by Gasteiger charge is -2.34. The Hall–Kier alpha value is -1.78. The van der Waals surface area contributed by atoms with Crippen LogP contribution in [0.15, 0.2) is 23.9 Å². The van der Waals surface area contributed by atoms with E-state index in [1.54, 1.807) is 6.08 Å². The summed E-state index contributed by atoms with van der Waals surface area (Å²) < 4.78 is 5.05. The topological polar surface area (TPSA) is 66.8 Å². The highest BCUT2D eigenvalue weighted by Crippen LogP contribution is 2.25. The molecule has 5 nitrogen and oxygen atoms in total. The van der Waals surface area contributed by atoms with Gasteiger partial charge in [-0.25, -0.2) is 0 Å². The first-order valence-electron chi connectivity index (χ1n) is 7.14. The molecule has 0 amide bonds. The molecule has 1 saturated heterocycles. The van der Waals surface area contributed by atoms with E-state index in [1.165, 1.54) is 0 Å². The largest absolute Gasteiger partial charge is 0.481 e. The average Bonchev–Trinajstić information content (AvgIpc) is 2.48. The van der Waals surface area contributed by atoms with Crippen molar-refractivity contribution in [2.24, 2.45) is 11.8 Å². The maximum absolute atomic E-state index is 11.7. The number of hydrogen-bond donors (Lipinski definition) is 1. The van der Waals surface area contributed by atoms with Gasteiger partial charge in [-0.1, -0.05) is 12.2 Å². The van der Waals surface area contributed by atoms with E-state index >= 15 is 0 Å². The van der Waals surface area contributed by atoms with Gasteiger partial charge in [-0.15, -0.1) is 0 Å². The lowest BCUT2D eigenvalue weighted by molar-refractivity contribution is -0.149. The van der Waals surface area contributed by atoms with Gasteiger partial charge in [0.25, 0.3) is 0 Å². The van der Waals surface area contributed by atoms with Crippen molar-refractivity contribution >= 4 is 11.9 Å². The zero-order valence-electron chi connectivity index (χ0n) is 11.7. The van der Waals surface area contributed by atoms with Crippen LogP contribution in [0.25, 0.3) is 0 Å². The van der Waals surface area contributed by atoms with Gasteiger partial charge in [-0.3, -0.25) is 9.59 Å². The van der Waals surface area contributed by atoms with Crippen molar-refractivity contribution in [3.05, 3.63) is 23.9 Å². The molecule has 110 valence electrons. The molecule has 2 rings (SSSR count). The van der Waals surface area contributed by atoms with Crippen molar-refractivity contribution < 1.29 is 19.4 Å². The summed E-state index contributed by atoms with van der Waals surface area (Å²) >= 11 is 0. The lowest BCUT2D eigenvalue weighted by Crippen LogP contribution is -2.36. The van der Waals surface area contributed by atoms with E-state index in [0.717, 1.165) is 31.6 Å². The second-order valence-electron chi connectivity index (χ2n) is 5.18. The quantitative estimate of drug-likeness (QED) is 0.795. The van der Waals surface area contributed by atoms with Gasteiger partial charge in [0.15, 0.2) is 0 Å². The second-order valence-corrected chi connectivity index (χ2v) is 5.18. The first-order valence-corrected chi connectivity index (χ1v) is 7.14. The van der Waals surface area contributed by atoms with E-state index in [4.69, 9.17) is 9.84 Å². The van der Waals surface area contributed by atoms with Crippen molar-refractivity contribution in [3.63, 3.8) is 0 Å². The molecular formula is C15H21NO4. The molecule has 0 aromatic carbocycles. The minimum absolute atomic E-state index is 0.00568. The number of carboxylic acids is 1. The van der Waals surface area contributed by atoms with Gasteiger partial charge in [0.2, 0.25) is 0 Å². The summed E-state index contributed by atoms with van der Waals surface area (Å²) in [5.41, 5.74) is 1.07. The van der Waals surface area contributed by atoms with Crippen molar-refractivity contribution in [1.82, 2.24) is 4.90 Å². The summed E-state index contributed by atoms with van der Waals surface area (Å²) in [5.74, 6) is -1.27. The third-order valence-corrected chi connectivity index (χ3v) is 3.88. The van der Waals surface area contributed by atoms with Gasteiger partial charge in [0.05, 0.1) is 18.4 Å². The molecule has 1 atom stereocenters. The molecule has 1 unspecified atom stereocenters. The Labute approximate surface area is 118 Å². The molecule has 1 N–H and O–H groups in total. The predicted octanol–water partition coefficient (Wildman–Crippen LogP) is 1.81. The molecule has 1 aliphatic carbocycles. The lowest BCUT2D eigenvalue weighted by atomic mass is 9.94. The highest BCUT2D eigenvalue weighted by atomic mass is 16.5. The summed E-state index contributed by atoms with van der Waals surface area (Å²) in [4.78, 5) is 24.7. The fourth-order valence-electron chi connectivity index (χ4n) is 2.66. The van der Waals surface area contributed by atoms with Crippen LogP contribution in [0.5, 0.6) is 0 Å². The standard InChI is InChI=1S/C15H21NO4/c1-2-20-15(19)12-7-9-16(10-8-12)13-5-3-11(4-6-13)14(17)18/h3,5-6,11-12H,2,4,7-10H2,1H3,(H,17,18). The minimum Gasteiger partial charge on any atom is -0.481 e. The summed E-state index contributed by atoms with van der Waals surface area (Å²) in [5, 5.41) is 8.94. The number of carbonyl (C=O) groups excluding carboxylic acids is 1. The van der Waals surface area contributed by atoms with Crippen LogP contribution in [0.2, 0.25) is 0 Å². The number of hydrogen-bond acceptors (Lipinski definition) is 4. The normalized spacial score (nSPS) is 23.4. The van der Waals surface area contributed by atoms with Crippen LogP contribution < -0.4 is 0 Å². The molecule has 1 fully saturated rings. The number of rotatable bonds is 4. The fraction of sp³-hybridized carbons (Fsp3) is 0.600. The highest BCUT2D eigenvalue weighted by molar-refractivity contribution is 5.73. The van der Waals surface area contributed by atoms with E-state index in [2.05, 4.69) is 4.90 Å². The first kappa shape index (κ1) is 14.6. The predicted molar refractivity (Wildman–Crippen MR) is 73.9 cm³/mol. The van der Waals surface area contributed by atoms with E-state index in [1.807, 2.05) is 19.1 Å². The van der Waals surface area contributed by atoms with Crippen LogP contribution in [0.1, 0.15) is 26.2 Å². The van der Waals surface area contributed by atoms with Gasteiger partial charge < -0.3 is 14.7 Å². The molecule has 0 aromatic rings. The third-order valence-electron chi connectivity index (χ3n) is 3.88. The number of aliphatic carboxylic acids is 1. The zero-order chi connectivity index (χ0) is 14.5. The number of carbonyl (C=O) groups is 2. The Balaban J connectivity index is 1.85. The molecule has 2 aliphatic rings. The Morgan fingerprint density at radius 3 is 2.60 bits per heavy atom. The van der Waals surface area contributed by atoms with Crippen LogP contribution >= 0.6 is 0 Å². The van der Waals surface area contributed by atoms with Crippen molar-refractivity contribution in [2.75, 3.05) is 19.7 Å². The van der Waals surface area contributed by atoms with Gasteiger partial charge >= 0.3 is 11.9 Å². The number of likely N-dealkylation sites (tertiary alicyclic amines) is 1. The van der Waals surface area contributed by atoms with Crippen LogP contribution in [0.3, 0.4) is 0 Å². The average molecular weight is 279 g/mol. The van der Waals surface area contributed by atoms with Crippen molar-refractivity contribution in [2.45, 2.75) is 26.2 Å². The molecule has 5 heteroatoms. The van der Waals surface area contributed by atoms with Gasteiger partial charge in [-0.2, -0.15) is 0 Å². The van der Waals surface area contributed by atoms with E-state index in [9.17, 15) is 9.59 Å². The number of piperidine rings is 1. The molecule has 20 heavy (non-hydrogen) atoms. The molecule has 0 bridgehead atoms. The molecule has 0 saturated carbocycles. The van der Waals surface area contributed by atoms with Gasteiger partial charge in [0.1, 0.15) is 0 Å². The molecule has 1 aliphatic heterocycles. The van der Waals surface area contributed by atoms with Crippen LogP contribution in [-0.2, 0) is 14.3 Å². The molecule has 0 radical (unpaired) electrons. The number of allylic oxidation sites excluding steroid dienone is 2. The Morgan fingerprint density at radius 2 is 2.10 bits per heavy atom. The maximum atomic E-state index is 11.7. The Bertz CT molecular complexity index is 433. The summed E-state index contributed by atoms with van der Waals surface area (Å²) in [6.07, 6.45) is 7.74. The molecule has 1 heterocycles. The SMILES string of the molecule is CCOC(=O)C1CCN(C2=CCC(C(=O)O)C=C2)CC1. The van der Waals surface area contributed by atoms with E-state index < -0.39 is 11.9 Å². The van der Waals surface area contributed by atoms with Crippen molar-refractivity contribution in [3.8, 4) is 0 Å². The fourth-order valence-corrected chi connectivity index (χ4v) is 2.66. The number of nitrogens with zero attached hydrogens (tertiary/aromatic N) is 1. The Kier molecular flexibility index (Phi) is 4.82. The highest BCUT2D eigenvalue weighted by Gasteiger charge is 2.27. The molecular weight excluding hydrogens is 258 g/mol. The van der Waals surface area contributed by atoms with E-state index in [0.29, 0.717) is 13.0 Å². The molecule has 0 aromatic heterocycles. The number of ether oxygens (including phenoxy) is 1.